The average molecular weight is 203 g/mol. The summed E-state index contributed by atoms with van der Waals surface area (Å²) in [6, 6.07) is 9.69. The molecule has 0 bridgehead atoms. The summed E-state index contributed by atoms with van der Waals surface area (Å²) in [5, 5.41) is 2.89. The zero-order valence-electron chi connectivity index (χ0n) is 9.29. The van der Waals surface area contributed by atoms with E-state index in [-0.39, 0.29) is 11.9 Å². The number of hydrogen-bond acceptors (Lipinski definition) is 1. The zero-order chi connectivity index (χ0) is 11.3. The third kappa shape index (κ3) is 3.24. The second-order valence-electron chi connectivity index (χ2n) is 3.63. The maximum absolute atomic E-state index is 11.7. The molecular weight excluding hydrogens is 186 g/mol. The van der Waals surface area contributed by atoms with Crippen LogP contribution >= 0.6 is 0 Å². The molecule has 0 fully saturated rings. The summed E-state index contributed by atoms with van der Waals surface area (Å²) in [6.07, 6.45) is 0.924. The van der Waals surface area contributed by atoms with Gasteiger partial charge in [0.25, 0.3) is 5.91 Å². The SMILES string of the molecule is C=C(C(=O)NC(C)CC)c1ccccc1. The van der Waals surface area contributed by atoms with Crippen molar-refractivity contribution in [2.45, 2.75) is 26.3 Å². The normalized spacial score (nSPS) is 11.9. The molecule has 1 amide bonds. The van der Waals surface area contributed by atoms with Crippen molar-refractivity contribution < 1.29 is 4.79 Å². The van der Waals surface area contributed by atoms with Crippen LogP contribution in [0.3, 0.4) is 0 Å². The van der Waals surface area contributed by atoms with Crippen LogP contribution < -0.4 is 5.32 Å². The van der Waals surface area contributed by atoms with E-state index in [1.807, 2.05) is 44.2 Å². The van der Waals surface area contributed by atoms with Crippen LogP contribution in [0.25, 0.3) is 5.57 Å². The molecule has 0 radical (unpaired) electrons. The fraction of sp³-hybridized carbons (Fsp3) is 0.308. The summed E-state index contributed by atoms with van der Waals surface area (Å²) in [7, 11) is 0. The van der Waals surface area contributed by atoms with E-state index in [4.69, 9.17) is 0 Å². The number of carbonyl (C=O) groups is 1. The van der Waals surface area contributed by atoms with Gasteiger partial charge in [-0.1, -0.05) is 43.8 Å². The van der Waals surface area contributed by atoms with Gasteiger partial charge in [0.1, 0.15) is 0 Å². The molecule has 1 unspecified atom stereocenters. The maximum Gasteiger partial charge on any atom is 0.251 e. The molecule has 1 atom stereocenters. The number of nitrogens with one attached hydrogen (secondary N) is 1. The first-order valence-corrected chi connectivity index (χ1v) is 5.20. The predicted octanol–water partition coefficient (Wildman–Crippen LogP) is 2.61. The molecule has 1 rings (SSSR count). The molecule has 0 aliphatic heterocycles. The van der Waals surface area contributed by atoms with Crippen LogP contribution in [-0.2, 0) is 4.79 Å². The number of rotatable bonds is 4. The highest BCUT2D eigenvalue weighted by atomic mass is 16.1. The molecule has 15 heavy (non-hydrogen) atoms. The first kappa shape index (κ1) is 11.5. The van der Waals surface area contributed by atoms with E-state index >= 15 is 0 Å². The van der Waals surface area contributed by atoms with E-state index in [0.717, 1.165) is 12.0 Å². The van der Waals surface area contributed by atoms with Gasteiger partial charge in [0, 0.05) is 11.6 Å². The second-order valence-corrected chi connectivity index (χ2v) is 3.63. The van der Waals surface area contributed by atoms with Gasteiger partial charge in [0.05, 0.1) is 0 Å². The Balaban J connectivity index is 2.66. The molecular formula is C13H17NO. The van der Waals surface area contributed by atoms with Crippen molar-refractivity contribution in [3.8, 4) is 0 Å². The molecule has 1 aromatic carbocycles. The van der Waals surface area contributed by atoms with Crippen LogP contribution in [0.5, 0.6) is 0 Å². The molecule has 1 aromatic rings. The van der Waals surface area contributed by atoms with E-state index in [1.54, 1.807) is 0 Å². The second kappa shape index (κ2) is 5.35. The van der Waals surface area contributed by atoms with Crippen LogP contribution in [0.2, 0.25) is 0 Å². The zero-order valence-corrected chi connectivity index (χ0v) is 9.29. The summed E-state index contributed by atoms with van der Waals surface area (Å²) in [6.45, 7) is 7.82. The van der Waals surface area contributed by atoms with E-state index in [9.17, 15) is 4.79 Å². The monoisotopic (exact) mass is 203 g/mol. The van der Waals surface area contributed by atoms with Gasteiger partial charge in [-0.05, 0) is 18.9 Å². The Kier molecular flexibility index (Phi) is 4.10. The van der Waals surface area contributed by atoms with Gasteiger partial charge < -0.3 is 5.32 Å². The molecule has 0 heterocycles. The molecule has 0 saturated carbocycles. The summed E-state index contributed by atoms with van der Waals surface area (Å²) in [5.74, 6) is -0.0875. The molecule has 0 aromatic heterocycles. The van der Waals surface area contributed by atoms with Gasteiger partial charge >= 0.3 is 0 Å². The van der Waals surface area contributed by atoms with Crippen molar-refractivity contribution in [1.82, 2.24) is 5.32 Å². The number of amides is 1. The van der Waals surface area contributed by atoms with E-state index < -0.39 is 0 Å². The molecule has 0 spiro atoms. The highest BCUT2D eigenvalue weighted by molar-refractivity contribution is 6.18. The van der Waals surface area contributed by atoms with Crippen LogP contribution in [0.15, 0.2) is 36.9 Å². The third-order valence-corrected chi connectivity index (χ3v) is 2.39. The van der Waals surface area contributed by atoms with Gasteiger partial charge in [-0.3, -0.25) is 4.79 Å². The van der Waals surface area contributed by atoms with E-state index in [1.165, 1.54) is 0 Å². The predicted molar refractivity (Wildman–Crippen MR) is 63.4 cm³/mol. The number of carbonyl (C=O) groups excluding carboxylic acids is 1. The number of hydrogen-bond donors (Lipinski definition) is 1. The van der Waals surface area contributed by atoms with Crippen molar-refractivity contribution >= 4 is 11.5 Å². The molecule has 80 valence electrons. The first-order valence-electron chi connectivity index (χ1n) is 5.20. The molecule has 2 nitrogen and oxygen atoms in total. The quantitative estimate of drug-likeness (QED) is 0.749. The minimum absolute atomic E-state index is 0.0875. The lowest BCUT2D eigenvalue weighted by Gasteiger charge is -2.12. The highest BCUT2D eigenvalue weighted by Crippen LogP contribution is 2.11. The van der Waals surface area contributed by atoms with Gasteiger partial charge in [-0.2, -0.15) is 0 Å². The van der Waals surface area contributed by atoms with Crippen LogP contribution in [0, 0.1) is 0 Å². The smallest absolute Gasteiger partial charge is 0.251 e. The Morgan fingerprint density at radius 2 is 2.00 bits per heavy atom. The Labute approximate surface area is 91.0 Å². The summed E-state index contributed by atoms with van der Waals surface area (Å²) in [5.41, 5.74) is 1.40. The summed E-state index contributed by atoms with van der Waals surface area (Å²) in [4.78, 5) is 11.7. The maximum atomic E-state index is 11.7. The largest absolute Gasteiger partial charge is 0.350 e. The first-order chi connectivity index (χ1) is 7.15. The summed E-state index contributed by atoms with van der Waals surface area (Å²) < 4.78 is 0. The molecule has 1 N–H and O–H groups in total. The molecule has 2 heteroatoms. The lowest BCUT2D eigenvalue weighted by Crippen LogP contribution is -2.32. The average Bonchev–Trinajstić information content (AvgIpc) is 2.29. The lowest BCUT2D eigenvalue weighted by atomic mass is 10.1. The minimum Gasteiger partial charge on any atom is -0.350 e. The molecule has 0 aliphatic carbocycles. The Hall–Kier alpha value is -1.57. The van der Waals surface area contributed by atoms with Gasteiger partial charge in [-0.25, -0.2) is 0 Å². The van der Waals surface area contributed by atoms with Crippen LogP contribution in [0.1, 0.15) is 25.8 Å². The fourth-order valence-corrected chi connectivity index (χ4v) is 1.18. The van der Waals surface area contributed by atoms with Crippen molar-refractivity contribution in [3.05, 3.63) is 42.5 Å². The Morgan fingerprint density at radius 1 is 1.40 bits per heavy atom. The summed E-state index contributed by atoms with van der Waals surface area (Å²) >= 11 is 0. The van der Waals surface area contributed by atoms with Gasteiger partial charge in [0.2, 0.25) is 0 Å². The Morgan fingerprint density at radius 3 is 2.53 bits per heavy atom. The topological polar surface area (TPSA) is 29.1 Å². The van der Waals surface area contributed by atoms with Crippen molar-refractivity contribution in [1.29, 1.82) is 0 Å². The van der Waals surface area contributed by atoms with Crippen LogP contribution in [0.4, 0.5) is 0 Å². The lowest BCUT2D eigenvalue weighted by molar-refractivity contribution is -0.116. The van der Waals surface area contributed by atoms with Crippen molar-refractivity contribution in [2.24, 2.45) is 0 Å². The van der Waals surface area contributed by atoms with Crippen molar-refractivity contribution in [2.75, 3.05) is 0 Å². The fourth-order valence-electron chi connectivity index (χ4n) is 1.18. The molecule has 0 aliphatic rings. The number of benzene rings is 1. The Bertz CT molecular complexity index is 343. The van der Waals surface area contributed by atoms with E-state index in [2.05, 4.69) is 11.9 Å². The van der Waals surface area contributed by atoms with Crippen LogP contribution in [-0.4, -0.2) is 11.9 Å². The third-order valence-electron chi connectivity index (χ3n) is 2.39. The van der Waals surface area contributed by atoms with E-state index in [0.29, 0.717) is 5.57 Å². The highest BCUT2D eigenvalue weighted by Gasteiger charge is 2.10. The standard InChI is InChI=1S/C13H17NO/c1-4-10(2)14-13(15)11(3)12-8-6-5-7-9-12/h5-10H,3-4H2,1-2H3,(H,14,15). The molecule has 0 saturated heterocycles. The van der Waals surface area contributed by atoms with Gasteiger partial charge in [-0.15, -0.1) is 0 Å². The van der Waals surface area contributed by atoms with Gasteiger partial charge in [0.15, 0.2) is 0 Å². The minimum atomic E-state index is -0.0875. The van der Waals surface area contributed by atoms with Crippen molar-refractivity contribution in [3.63, 3.8) is 0 Å².